The Morgan fingerprint density at radius 3 is 2.42 bits per heavy atom. The number of carbonyl (C=O) groups is 1. The van der Waals surface area contributed by atoms with Crippen LogP contribution in [0.2, 0.25) is 0 Å². The van der Waals surface area contributed by atoms with Crippen LogP contribution in [0.15, 0.2) is 30.0 Å². The van der Waals surface area contributed by atoms with Gasteiger partial charge in [0.25, 0.3) is 5.91 Å². The number of benzene rings is 1. The number of thiocarbonyl (C=S) groups is 1. The fraction of sp³-hybridized carbons (Fsp3) is 0.375. The van der Waals surface area contributed by atoms with E-state index in [4.69, 9.17) is 17.0 Å². The van der Waals surface area contributed by atoms with Crippen LogP contribution in [0.1, 0.15) is 18.9 Å². The molecule has 0 saturated carbocycles. The van der Waals surface area contributed by atoms with E-state index in [9.17, 15) is 17.8 Å². The van der Waals surface area contributed by atoms with Gasteiger partial charge in [0.05, 0.1) is 16.7 Å². The smallest absolute Gasteiger partial charge is 0.748 e. The number of nitrogens with zero attached hydrogens (tertiary/aromatic N) is 2. The van der Waals surface area contributed by atoms with Gasteiger partial charge in [-0.05, 0) is 49.3 Å². The molecule has 10 heteroatoms. The molecule has 0 atom stereocenters. The summed E-state index contributed by atoms with van der Waals surface area (Å²) < 4.78 is 36.9. The minimum absolute atomic E-state index is 0. The van der Waals surface area contributed by atoms with Crippen molar-refractivity contribution in [2.75, 3.05) is 26.0 Å². The molecule has 1 aliphatic rings. The van der Waals surface area contributed by atoms with Gasteiger partial charge < -0.3 is 14.2 Å². The number of carbonyl (C=O) groups excluding carboxylic acids is 1. The predicted molar refractivity (Wildman–Crippen MR) is 96.8 cm³/mol. The van der Waals surface area contributed by atoms with Crippen molar-refractivity contribution < 1.29 is 73.9 Å². The molecule has 7 nitrogen and oxygen atoms in total. The van der Waals surface area contributed by atoms with Crippen molar-refractivity contribution in [2.24, 2.45) is 0 Å². The summed E-state index contributed by atoms with van der Waals surface area (Å²) in [7, 11) is -2.56. The molecule has 1 heterocycles. The Balaban J connectivity index is 0.00000338. The molecule has 0 N–H and O–H groups in total. The minimum Gasteiger partial charge on any atom is -0.748 e. The van der Waals surface area contributed by atoms with Gasteiger partial charge in [-0.1, -0.05) is 12.1 Å². The number of hydrogen-bond acceptors (Lipinski definition) is 6. The Morgan fingerprint density at radius 2 is 1.88 bits per heavy atom. The van der Waals surface area contributed by atoms with Crippen molar-refractivity contribution in [2.45, 2.75) is 13.3 Å². The van der Waals surface area contributed by atoms with Crippen LogP contribution in [0.4, 0.5) is 0 Å². The summed E-state index contributed by atoms with van der Waals surface area (Å²) in [6, 6.07) is 7.01. The van der Waals surface area contributed by atoms with Gasteiger partial charge in [-0.3, -0.25) is 9.69 Å². The van der Waals surface area contributed by atoms with Gasteiger partial charge in [-0.2, -0.15) is 0 Å². The fourth-order valence-corrected chi connectivity index (χ4v) is 3.13. The first kappa shape index (κ1) is 23.7. The average Bonchev–Trinajstić information content (AvgIpc) is 2.76. The van der Waals surface area contributed by atoms with Crippen molar-refractivity contribution >= 4 is 39.4 Å². The molecule has 0 aliphatic carbocycles. The molecule has 1 fully saturated rings. The maximum atomic E-state index is 12.2. The molecule has 1 aliphatic heterocycles. The molecule has 26 heavy (non-hydrogen) atoms. The van der Waals surface area contributed by atoms with Crippen LogP contribution in [0.25, 0.3) is 6.08 Å². The molecule has 1 aromatic rings. The SMILES string of the molecule is CCN1C(=S)N(C)C(=O)/C1=C/c1ccc(OCCCS(=O)(=O)[O-])cc1.[K+]. The van der Waals surface area contributed by atoms with E-state index in [-0.39, 0.29) is 70.3 Å². The van der Waals surface area contributed by atoms with E-state index in [2.05, 4.69) is 0 Å². The van der Waals surface area contributed by atoms with E-state index in [0.717, 1.165) is 5.56 Å². The number of hydrogen-bond donors (Lipinski definition) is 0. The summed E-state index contributed by atoms with van der Waals surface area (Å²) in [6.07, 6.45) is 1.90. The van der Waals surface area contributed by atoms with Crippen LogP contribution in [-0.2, 0) is 14.9 Å². The molecule has 136 valence electrons. The van der Waals surface area contributed by atoms with E-state index in [1.807, 2.05) is 6.92 Å². The molecule has 0 unspecified atom stereocenters. The van der Waals surface area contributed by atoms with Crippen LogP contribution < -0.4 is 56.1 Å². The predicted octanol–water partition coefficient (Wildman–Crippen LogP) is -1.58. The zero-order chi connectivity index (χ0) is 18.6. The maximum Gasteiger partial charge on any atom is 1.00 e. The average molecular weight is 423 g/mol. The third-order valence-electron chi connectivity index (χ3n) is 3.64. The Labute approximate surface area is 201 Å². The van der Waals surface area contributed by atoms with Gasteiger partial charge in [-0.15, -0.1) is 0 Å². The van der Waals surface area contributed by atoms with E-state index in [1.165, 1.54) is 4.90 Å². The number of ether oxygens (including phenoxy) is 1. The first-order chi connectivity index (χ1) is 11.7. The number of rotatable bonds is 7. The Bertz CT molecular complexity index is 793. The molecular weight excluding hydrogens is 403 g/mol. The maximum absolute atomic E-state index is 12.2. The van der Waals surface area contributed by atoms with Gasteiger partial charge in [0.15, 0.2) is 5.11 Å². The van der Waals surface area contributed by atoms with Crippen molar-refractivity contribution in [1.29, 1.82) is 0 Å². The minimum atomic E-state index is -4.21. The Kier molecular flexibility index (Phi) is 9.37. The Morgan fingerprint density at radius 1 is 1.27 bits per heavy atom. The van der Waals surface area contributed by atoms with Crippen LogP contribution in [0.5, 0.6) is 5.75 Å². The molecular formula is C16H19KN2O5S2. The van der Waals surface area contributed by atoms with E-state index >= 15 is 0 Å². The molecule has 1 saturated heterocycles. The fourth-order valence-electron chi connectivity index (χ4n) is 2.35. The number of amides is 1. The molecule has 0 bridgehead atoms. The van der Waals surface area contributed by atoms with E-state index < -0.39 is 15.9 Å². The van der Waals surface area contributed by atoms with Gasteiger partial charge in [0.1, 0.15) is 11.4 Å². The summed E-state index contributed by atoms with van der Waals surface area (Å²) in [4.78, 5) is 15.4. The van der Waals surface area contributed by atoms with Crippen molar-refractivity contribution in [1.82, 2.24) is 9.80 Å². The molecule has 1 aromatic carbocycles. The van der Waals surface area contributed by atoms with E-state index in [0.29, 0.717) is 23.1 Å². The topological polar surface area (TPSA) is 90.0 Å². The molecule has 0 spiro atoms. The quantitative estimate of drug-likeness (QED) is 0.172. The molecule has 1 amide bonds. The van der Waals surface area contributed by atoms with Crippen molar-refractivity contribution in [3.8, 4) is 5.75 Å². The second-order valence-corrected chi connectivity index (χ2v) is 7.34. The monoisotopic (exact) mass is 422 g/mol. The zero-order valence-corrected chi connectivity index (χ0v) is 19.7. The largest absolute Gasteiger partial charge is 1.00 e. The van der Waals surface area contributed by atoms with Crippen molar-refractivity contribution in [3.63, 3.8) is 0 Å². The van der Waals surface area contributed by atoms with Crippen LogP contribution >= 0.6 is 12.2 Å². The van der Waals surface area contributed by atoms with Crippen LogP contribution in [0, 0.1) is 0 Å². The summed E-state index contributed by atoms with van der Waals surface area (Å²) >= 11 is 5.24. The first-order valence-electron chi connectivity index (χ1n) is 7.70. The molecule has 2 rings (SSSR count). The summed E-state index contributed by atoms with van der Waals surface area (Å²) in [6.45, 7) is 2.67. The van der Waals surface area contributed by atoms with Crippen LogP contribution in [-0.4, -0.2) is 59.7 Å². The van der Waals surface area contributed by atoms with Gasteiger partial charge in [-0.25, -0.2) is 8.42 Å². The zero-order valence-electron chi connectivity index (χ0n) is 15.0. The van der Waals surface area contributed by atoms with Crippen molar-refractivity contribution in [3.05, 3.63) is 35.5 Å². The second kappa shape index (κ2) is 10.3. The van der Waals surface area contributed by atoms with Gasteiger partial charge in [0.2, 0.25) is 0 Å². The third-order valence-corrected chi connectivity index (χ3v) is 4.92. The normalized spacial score (nSPS) is 16.2. The third kappa shape index (κ3) is 6.38. The Hall–Kier alpha value is -0.334. The summed E-state index contributed by atoms with van der Waals surface area (Å²) in [5.41, 5.74) is 1.33. The summed E-state index contributed by atoms with van der Waals surface area (Å²) in [5, 5.41) is 0.479. The van der Waals surface area contributed by atoms with Gasteiger partial charge in [0, 0.05) is 19.3 Å². The first-order valence-corrected chi connectivity index (χ1v) is 9.69. The van der Waals surface area contributed by atoms with Crippen LogP contribution in [0.3, 0.4) is 0 Å². The second-order valence-electron chi connectivity index (χ2n) is 5.45. The van der Waals surface area contributed by atoms with E-state index in [1.54, 1.807) is 42.3 Å². The summed E-state index contributed by atoms with van der Waals surface area (Å²) in [5.74, 6) is -0.0336. The number of likely N-dealkylation sites (N-methyl/N-ethyl adjacent to an activating group) is 2. The standard InChI is InChI=1S/C16H20N2O5S2.K/c1-3-18-14(15(19)17(2)16(18)24)11-12-5-7-13(8-6-12)23-9-4-10-25(20,21)22;/h5-8,11H,3-4,9-10H2,1-2H3,(H,20,21,22);/q;+1/p-1/b14-11-;. The molecule has 0 aromatic heterocycles. The van der Waals surface area contributed by atoms with Gasteiger partial charge >= 0.3 is 51.4 Å². The molecule has 0 radical (unpaired) electrons.